The van der Waals surface area contributed by atoms with Crippen molar-refractivity contribution in [2.75, 3.05) is 6.54 Å². The van der Waals surface area contributed by atoms with Crippen LogP contribution in [0.15, 0.2) is 34.8 Å². The van der Waals surface area contributed by atoms with E-state index in [-0.39, 0.29) is 24.8 Å². The first-order valence-electron chi connectivity index (χ1n) is 13.4. The third kappa shape index (κ3) is 6.05. The standard InChI is InChI=1S/C29H39N5O5S/c1-16-21(40-15-30-16)17-9-11-18(12-10-17)29(8)25(37)32-23(33-29)20-13-19(35)14-34(20)24(36)22(27(2,3)4)31-26(38)39-28(5,6)7/h9-12,15,19-20,22,35H,13-14H2,1-8H3,(H,31,38)(H,32,33,37)/t19-,20+,22-,29+/m1/s1. The average molecular weight is 570 g/mol. The van der Waals surface area contributed by atoms with Gasteiger partial charge in [-0.25, -0.2) is 14.8 Å². The molecular weight excluding hydrogens is 530 g/mol. The Balaban J connectivity index is 1.60. The first kappa shape index (κ1) is 29.7. The van der Waals surface area contributed by atoms with Crippen LogP contribution in [0, 0.1) is 12.3 Å². The van der Waals surface area contributed by atoms with Gasteiger partial charge in [0.1, 0.15) is 17.5 Å². The molecule has 1 aromatic carbocycles. The molecule has 2 aromatic rings. The minimum Gasteiger partial charge on any atom is -0.444 e. The summed E-state index contributed by atoms with van der Waals surface area (Å²) in [6, 6.07) is 6.08. The van der Waals surface area contributed by atoms with Gasteiger partial charge < -0.3 is 25.4 Å². The number of rotatable bonds is 5. The quantitative estimate of drug-likeness (QED) is 0.502. The molecule has 4 rings (SSSR count). The van der Waals surface area contributed by atoms with Gasteiger partial charge in [0.25, 0.3) is 5.91 Å². The number of hydrogen-bond acceptors (Lipinski definition) is 8. The van der Waals surface area contributed by atoms with Crippen LogP contribution in [0.5, 0.6) is 0 Å². The van der Waals surface area contributed by atoms with Crippen LogP contribution in [0.25, 0.3) is 10.4 Å². The number of nitrogens with zero attached hydrogens (tertiary/aromatic N) is 3. The number of nitrogens with one attached hydrogen (secondary N) is 2. The number of amidine groups is 1. The van der Waals surface area contributed by atoms with Crippen molar-refractivity contribution >= 4 is 35.1 Å². The van der Waals surface area contributed by atoms with Gasteiger partial charge in [-0.3, -0.25) is 9.59 Å². The number of aliphatic hydroxyl groups is 1. The van der Waals surface area contributed by atoms with E-state index in [0.717, 1.165) is 16.1 Å². The maximum Gasteiger partial charge on any atom is 0.408 e. The summed E-state index contributed by atoms with van der Waals surface area (Å²) in [5, 5.41) is 16.2. The predicted octanol–water partition coefficient (Wildman–Crippen LogP) is 3.76. The van der Waals surface area contributed by atoms with E-state index in [9.17, 15) is 19.5 Å². The largest absolute Gasteiger partial charge is 0.444 e. The van der Waals surface area contributed by atoms with Crippen LogP contribution in [0.1, 0.15) is 66.1 Å². The molecule has 10 nitrogen and oxygen atoms in total. The van der Waals surface area contributed by atoms with Crippen LogP contribution in [0.3, 0.4) is 0 Å². The molecule has 216 valence electrons. The van der Waals surface area contributed by atoms with Crippen molar-refractivity contribution in [3.8, 4) is 10.4 Å². The third-order valence-electron chi connectivity index (χ3n) is 7.13. The monoisotopic (exact) mass is 569 g/mol. The molecule has 0 spiro atoms. The molecule has 0 aliphatic carbocycles. The molecule has 0 radical (unpaired) electrons. The first-order valence-corrected chi connectivity index (χ1v) is 14.3. The fourth-order valence-corrected chi connectivity index (χ4v) is 5.80. The first-order chi connectivity index (χ1) is 18.5. The summed E-state index contributed by atoms with van der Waals surface area (Å²) in [7, 11) is 0. The van der Waals surface area contributed by atoms with Crippen LogP contribution in [0.4, 0.5) is 4.79 Å². The molecule has 2 aliphatic heterocycles. The number of benzene rings is 1. The highest BCUT2D eigenvalue weighted by atomic mass is 32.1. The van der Waals surface area contributed by atoms with E-state index in [2.05, 4.69) is 15.6 Å². The van der Waals surface area contributed by atoms with E-state index in [1.807, 2.05) is 52.0 Å². The molecule has 3 N–H and O–H groups in total. The van der Waals surface area contributed by atoms with Crippen LogP contribution >= 0.6 is 11.3 Å². The Morgan fingerprint density at radius 1 is 1.20 bits per heavy atom. The van der Waals surface area contributed by atoms with Crippen LogP contribution in [0.2, 0.25) is 0 Å². The van der Waals surface area contributed by atoms with Gasteiger partial charge in [-0.05, 0) is 51.2 Å². The Kier molecular flexibility index (Phi) is 7.85. The van der Waals surface area contributed by atoms with Crippen molar-refractivity contribution in [1.82, 2.24) is 20.5 Å². The van der Waals surface area contributed by atoms with Crippen LogP contribution in [-0.4, -0.2) is 69.1 Å². The summed E-state index contributed by atoms with van der Waals surface area (Å²) < 4.78 is 5.40. The van der Waals surface area contributed by atoms with E-state index in [1.54, 1.807) is 44.5 Å². The van der Waals surface area contributed by atoms with Crippen molar-refractivity contribution < 1.29 is 24.2 Å². The Morgan fingerprint density at radius 3 is 2.40 bits per heavy atom. The van der Waals surface area contributed by atoms with Crippen molar-refractivity contribution in [1.29, 1.82) is 0 Å². The van der Waals surface area contributed by atoms with E-state index < -0.39 is 40.8 Å². The number of carbonyl (C=O) groups excluding carboxylic acids is 3. The normalized spacial score (nSPS) is 24.0. The number of ether oxygens (including phenoxy) is 1. The average Bonchev–Trinajstić information content (AvgIpc) is 3.53. The van der Waals surface area contributed by atoms with Gasteiger partial charge >= 0.3 is 6.09 Å². The summed E-state index contributed by atoms with van der Waals surface area (Å²) in [6.45, 7) is 14.5. The zero-order valence-electron chi connectivity index (χ0n) is 24.4. The van der Waals surface area contributed by atoms with Gasteiger partial charge in [0.2, 0.25) is 5.91 Å². The molecule has 3 amide bonds. The zero-order valence-corrected chi connectivity index (χ0v) is 25.2. The summed E-state index contributed by atoms with van der Waals surface area (Å²) >= 11 is 1.56. The highest BCUT2D eigenvalue weighted by Gasteiger charge is 2.49. The zero-order chi connectivity index (χ0) is 29.6. The second-order valence-corrected chi connectivity index (χ2v) is 13.6. The SMILES string of the molecule is Cc1ncsc1-c1ccc([C@]2(C)N=C([C@@H]3C[C@@H](O)CN3C(=O)[C@@H](NC(=O)OC(C)(C)C)C(C)(C)C)NC2=O)cc1. The summed E-state index contributed by atoms with van der Waals surface area (Å²) in [5.74, 6) is -0.364. The highest BCUT2D eigenvalue weighted by molar-refractivity contribution is 7.13. The number of alkyl carbamates (subject to hydrolysis) is 1. The summed E-state index contributed by atoms with van der Waals surface area (Å²) in [6.07, 6.45) is -1.29. The molecule has 40 heavy (non-hydrogen) atoms. The number of aliphatic imine (C=N–C) groups is 1. The molecule has 11 heteroatoms. The van der Waals surface area contributed by atoms with Crippen molar-refractivity contribution in [3.63, 3.8) is 0 Å². The van der Waals surface area contributed by atoms with Gasteiger partial charge in [-0.15, -0.1) is 11.3 Å². The minimum absolute atomic E-state index is 0.0561. The van der Waals surface area contributed by atoms with Crippen molar-refractivity contribution in [2.24, 2.45) is 10.4 Å². The lowest BCUT2D eigenvalue weighted by atomic mass is 9.85. The second-order valence-electron chi connectivity index (χ2n) is 12.7. The summed E-state index contributed by atoms with van der Waals surface area (Å²) in [5.41, 5.74) is 1.89. The number of β-amino-alcohol motifs (C(OH)–C–C–N with tert-alkyl or cyclic N) is 1. The lowest BCUT2D eigenvalue weighted by molar-refractivity contribution is -0.136. The molecular formula is C29H39N5O5S. The van der Waals surface area contributed by atoms with Gasteiger partial charge in [0, 0.05) is 13.0 Å². The Labute approximate surface area is 239 Å². The fourth-order valence-electron chi connectivity index (χ4n) is 4.99. The lowest BCUT2D eigenvalue weighted by Crippen LogP contribution is -2.58. The van der Waals surface area contributed by atoms with Crippen molar-refractivity contribution in [3.05, 3.63) is 41.0 Å². The molecule has 1 saturated heterocycles. The fraction of sp³-hybridized carbons (Fsp3) is 0.552. The number of aryl methyl sites for hydroxylation is 1. The molecule has 0 saturated carbocycles. The second kappa shape index (κ2) is 10.6. The number of carbonyl (C=O) groups is 3. The maximum absolute atomic E-state index is 13.9. The van der Waals surface area contributed by atoms with E-state index in [0.29, 0.717) is 11.4 Å². The van der Waals surface area contributed by atoms with Gasteiger partial charge in [0.15, 0.2) is 5.54 Å². The maximum atomic E-state index is 13.9. The van der Waals surface area contributed by atoms with Crippen LogP contribution < -0.4 is 10.6 Å². The highest BCUT2D eigenvalue weighted by Crippen LogP contribution is 2.35. The van der Waals surface area contributed by atoms with E-state index >= 15 is 0 Å². The lowest BCUT2D eigenvalue weighted by Gasteiger charge is -2.36. The van der Waals surface area contributed by atoms with Crippen molar-refractivity contribution in [2.45, 2.75) is 91.1 Å². The Bertz CT molecular complexity index is 1320. The number of likely N-dealkylation sites (tertiary alicyclic amines) is 1. The molecule has 2 aliphatic rings. The topological polar surface area (TPSA) is 133 Å². The predicted molar refractivity (Wildman–Crippen MR) is 154 cm³/mol. The number of hydrogen-bond donors (Lipinski definition) is 3. The molecule has 4 atom stereocenters. The number of aromatic nitrogens is 1. The number of thiazole rings is 1. The molecule has 0 unspecified atom stereocenters. The molecule has 3 heterocycles. The van der Waals surface area contributed by atoms with Gasteiger partial charge in [-0.2, -0.15) is 0 Å². The molecule has 1 aromatic heterocycles. The number of aliphatic hydroxyl groups excluding tert-OH is 1. The third-order valence-corrected chi connectivity index (χ3v) is 8.11. The smallest absolute Gasteiger partial charge is 0.408 e. The minimum atomic E-state index is -1.20. The Hall–Kier alpha value is -3.31. The Morgan fingerprint density at radius 2 is 1.85 bits per heavy atom. The number of amides is 3. The van der Waals surface area contributed by atoms with E-state index in [4.69, 9.17) is 9.73 Å². The van der Waals surface area contributed by atoms with Gasteiger partial charge in [0.05, 0.1) is 28.2 Å². The van der Waals surface area contributed by atoms with Crippen LogP contribution in [-0.2, 0) is 19.9 Å². The van der Waals surface area contributed by atoms with Gasteiger partial charge in [-0.1, -0.05) is 45.0 Å². The molecule has 0 bridgehead atoms. The van der Waals surface area contributed by atoms with E-state index in [1.165, 1.54) is 4.90 Å². The molecule has 1 fully saturated rings. The summed E-state index contributed by atoms with van der Waals surface area (Å²) in [4.78, 5) is 51.4.